The molecule has 0 saturated carbocycles. The molecule has 0 aliphatic carbocycles. The number of thiazole rings is 1. The molecular weight excluding hydrogens is 302 g/mol. The summed E-state index contributed by atoms with van der Waals surface area (Å²) in [5, 5.41) is 11.4. The van der Waals surface area contributed by atoms with Gasteiger partial charge in [0, 0.05) is 15.4 Å². The van der Waals surface area contributed by atoms with Gasteiger partial charge in [-0.3, -0.25) is 4.79 Å². The van der Waals surface area contributed by atoms with Gasteiger partial charge in [0.2, 0.25) is 0 Å². The van der Waals surface area contributed by atoms with E-state index < -0.39 is 11.9 Å². The lowest BCUT2D eigenvalue weighted by atomic mass is 10.1. The first kappa shape index (κ1) is 12.3. The molecule has 0 amide bonds. The number of hydrogen-bond donors (Lipinski definition) is 1. The highest BCUT2D eigenvalue weighted by Crippen LogP contribution is 2.27. The monoisotopic (exact) mass is 311 g/mol. The van der Waals surface area contributed by atoms with Crippen LogP contribution < -0.4 is 0 Å². The van der Waals surface area contributed by atoms with Crippen LogP contribution in [0.5, 0.6) is 0 Å². The van der Waals surface area contributed by atoms with Crippen molar-refractivity contribution in [1.82, 2.24) is 4.98 Å². The summed E-state index contributed by atoms with van der Waals surface area (Å²) >= 11 is 4.75. The van der Waals surface area contributed by atoms with Crippen LogP contribution in [0.3, 0.4) is 0 Å². The fourth-order valence-corrected chi connectivity index (χ4v) is 2.49. The summed E-state index contributed by atoms with van der Waals surface area (Å²) in [7, 11) is 0. The third-order valence-corrected chi connectivity index (χ3v) is 3.96. The van der Waals surface area contributed by atoms with Crippen LogP contribution in [-0.2, 0) is 4.79 Å². The van der Waals surface area contributed by atoms with Gasteiger partial charge in [0.05, 0.1) is 5.69 Å². The van der Waals surface area contributed by atoms with Crippen LogP contribution in [0.1, 0.15) is 17.8 Å². The highest BCUT2D eigenvalue weighted by molar-refractivity contribution is 9.10. The van der Waals surface area contributed by atoms with E-state index in [1.165, 1.54) is 11.3 Å². The lowest BCUT2D eigenvalue weighted by Crippen LogP contribution is -2.06. The lowest BCUT2D eigenvalue weighted by molar-refractivity contribution is -0.138. The van der Waals surface area contributed by atoms with E-state index in [-0.39, 0.29) is 0 Å². The van der Waals surface area contributed by atoms with Crippen molar-refractivity contribution in [3.63, 3.8) is 0 Å². The first-order valence-electron chi connectivity index (χ1n) is 5.02. The molecule has 2 aromatic rings. The number of aromatic nitrogens is 1. The van der Waals surface area contributed by atoms with Gasteiger partial charge >= 0.3 is 5.97 Å². The van der Waals surface area contributed by atoms with E-state index in [2.05, 4.69) is 20.9 Å². The van der Waals surface area contributed by atoms with E-state index in [4.69, 9.17) is 5.11 Å². The van der Waals surface area contributed by atoms with Crippen molar-refractivity contribution in [2.24, 2.45) is 0 Å². The van der Waals surface area contributed by atoms with Crippen molar-refractivity contribution in [1.29, 1.82) is 0 Å². The molecule has 3 nitrogen and oxygen atoms in total. The van der Waals surface area contributed by atoms with E-state index in [1.54, 1.807) is 6.92 Å². The predicted molar refractivity (Wildman–Crippen MR) is 71.3 cm³/mol. The maximum absolute atomic E-state index is 10.9. The molecule has 17 heavy (non-hydrogen) atoms. The number of carboxylic acids is 1. The average molecular weight is 312 g/mol. The van der Waals surface area contributed by atoms with E-state index in [0.29, 0.717) is 5.01 Å². The van der Waals surface area contributed by atoms with Gasteiger partial charge in [0.1, 0.15) is 10.9 Å². The Morgan fingerprint density at radius 1 is 1.41 bits per heavy atom. The summed E-state index contributed by atoms with van der Waals surface area (Å²) in [4.78, 5) is 15.2. The molecule has 1 aromatic carbocycles. The Morgan fingerprint density at radius 3 is 2.65 bits per heavy atom. The molecule has 0 radical (unpaired) electrons. The van der Waals surface area contributed by atoms with Crippen LogP contribution in [0.2, 0.25) is 0 Å². The quantitative estimate of drug-likeness (QED) is 0.939. The van der Waals surface area contributed by atoms with Crippen LogP contribution >= 0.6 is 27.3 Å². The van der Waals surface area contributed by atoms with Crippen LogP contribution in [-0.4, -0.2) is 16.1 Å². The first-order valence-corrected chi connectivity index (χ1v) is 6.69. The predicted octanol–water partition coefficient (Wildman–Crippen LogP) is 3.76. The van der Waals surface area contributed by atoms with E-state index in [1.807, 2.05) is 29.6 Å². The van der Waals surface area contributed by atoms with Crippen molar-refractivity contribution in [2.75, 3.05) is 0 Å². The summed E-state index contributed by atoms with van der Waals surface area (Å²) in [6.07, 6.45) is 0. The Bertz CT molecular complexity index is 536. The van der Waals surface area contributed by atoms with E-state index in [9.17, 15) is 4.79 Å². The molecule has 0 spiro atoms. The summed E-state index contributed by atoms with van der Waals surface area (Å²) < 4.78 is 1.01. The standard InChI is InChI=1S/C12H10BrNO2S/c1-7(12(15)16)11-14-10(6-17-11)8-2-4-9(13)5-3-8/h2-7H,1H3,(H,15,16)/t7-/m0/s1. The van der Waals surface area contributed by atoms with Gasteiger partial charge in [0.25, 0.3) is 0 Å². The summed E-state index contributed by atoms with van der Waals surface area (Å²) in [6.45, 7) is 1.65. The number of carboxylic acid groups (broad SMARTS) is 1. The summed E-state index contributed by atoms with van der Waals surface area (Å²) in [6, 6.07) is 7.78. The molecule has 0 aliphatic rings. The maximum atomic E-state index is 10.9. The maximum Gasteiger partial charge on any atom is 0.313 e. The Hall–Kier alpha value is -1.20. The number of aliphatic carboxylic acids is 1. The number of carbonyl (C=O) groups is 1. The minimum absolute atomic E-state index is 0.552. The molecule has 5 heteroatoms. The van der Waals surface area contributed by atoms with E-state index in [0.717, 1.165) is 15.7 Å². The summed E-state index contributed by atoms with van der Waals surface area (Å²) in [5.41, 5.74) is 1.82. The second-order valence-electron chi connectivity index (χ2n) is 3.64. The minimum Gasteiger partial charge on any atom is -0.481 e. The fraction of sp³-hybridized carbons (Fsp3) is 0.167. The Morgan fingerprint density at radius 2 is 2.06 bits per heavy atom. The fourth-order valence-electron chi connectivity index (χ4n) is 1.35. The summed E-state index contributed by atoms with van der Waals surface area (Å²) in [5.74, 6) is -1.40. The first-order chi connectivity index (χ1) is 8.08. The Kier molecular flexibility index (Phi) is 3.59. The van der Waals surface area contributed by atoms with Crippen LogP contribution in [0.4, 0.5) is 0 Å². The normalized spacial score (nSPS) is 12.4. The number of benzene rings is 1. The van der Waals surface area contributed by atoms with Crippen molar-refractivity contribution in [2.45, 2.75) is 12.8 Å². The van der Waals surface area contributed by atoms with Gasteiger partial charge < -0.3 is 5.11 Å². The molecule has 0 fully saturated rings. The number of rotatable bonds is 3. The van der Waals surface area contributed by atoms with Crippen molar-refractivity contribution in [3.05, 3.63) is 39.1 Å². The highest BCUT2D eigenvalue weighted by atomic mass is 79.9. The van der Waals surface area contributed by atoms with Gasteiger partial charge in [-0.05, 0) is 19.1 Å². The zero-order valence-corrected chi connectivity index (χ0v) is 11.5. The molecule has 0 unspecified atom stereocenters. The molecule has 0 bridgehead atoms. The SMILES string of the molecule is C[C@H](C(=O)O)c1nc(-c2ccc(Br)cc2)cs1. The minimum atomic E-state index is -0.846. The molecule has 2 rings (SSSR count). The van der Waals surface area contributed by atoms with Gasteiger partial charge in [-0.25, -0.2) is 4.98 Å². The molecule has 0 aliphatic heterocycles. The van der Waals surface area contributed by atoms with Crippen LogP contribution in [0.25, 0.3) is 11.3 Å². The van der Waals surface area contributed by atoms with Crippen molar-refractivity contribution < 1.29 is 9.90 Å². The number of hydrogen-bond acceptors (Lipinski definition) is 3. The third kappa shape index (κ3) is 2.73. The topological polar surface area (TPSA) is 50.2 Å². The highest BCUT2D eigenvalue weighted by Gasteiger charge is 2.17. The largest absolute Gasteiger partial charge is 0.481 e. The lowest BCUT2D eigenvalue weighted by Gasteiger charge is -2.00. The average Bonchev–Trinajstić information content (AvgIpc) is 2.78. The molecule has 1 heterocycles. The molecule has 0 saturated heterocycles. The zero-order valence-electron chi connectivity index (χ0n) is 9.05. The Balaban J connectivity index is 2.29. The van der Waals surface area contributed by atoms with Crippen molar-refractivity contribution in [3.8, 4) is 11.3 Å². The van der Waals surface area contributed by atoms with Gasteiger partial charge in [-0.2, -0.15) is 0 Å². The van der Waals surface area contributed by atoms with E-state index >= 15 is 0 Å². The van der Waals surface area contributed by atoms with Crippen LogP contribution in [0, 0.1) is 0 Å². The smallest absolute Gasteiger partial charge is 0.313 e. The molecule has 1 atom stereocenters. The van der Waals surface area contributed by atoms with Crippen LogP contribution in [0.15, 0.2) is 34.1 Å². The molecule has 1 aromatic heterocycles. The second kappa shape index (κ2) is 4.98. The Labute approximate surface area is 111 Å². The molecule has 88 valence electrons. The number of halogens is 1. The van der Waals surface area contributed by atoms with Gasteiger partial charge in [-0.1, -0.05) is 28.1 Å². The second-order valence-corrected chi connectivity index (χ2v) is 5.44. The number of nitrogens with zero attached hydrogens (tertiary/aromatic N) is 1. The molecule has 1 N–H and O–H groups in total. The zero-order chi connectivity index (χ0) is 12.4. The molecular formula is C12H10BrNO2S. The van der Waals surface area contributed by atoms with Gasteiger partial charge in [0.15, 0.2) is 0 Å². The third-order valence-electron chi connectivity index (χ3n) is 2.40. The van der Waals surface area contributed by atoms with Gasteiger partial charge in [-0.15, -0.1) is 11.3 Å². The van der Waals surface area contributed by atoms with Crippen molar-refractivity contribution >= 4 is 33.2 Å².